The van der Waals surface area contributed by atoms with Crippen molar-refractivity contribution in [2.24, 2.45) is 0 Å². The molecule has 0 saturated carbocycles. The molecule has 0 bridgehead atoms. The van der Waals surface area contributed by atoms with Gasteiger partial charge < -0.3 is 15.7 Å². The van der Waals surface area contributed by atoms with Crippen LogP contribution in [0.5, 0.6) is 5.75 Å². The zero-order valence-corrected chi connectivity index (χ0v) is 9.65. The molecule has 3 N–H and O–H groups in total. The van der Waals surface area contributed by atoms with Crippen LogP contribution in [0, 0.1) is 0 Å². The molecule has 1 heterocycles. The molecule has 2 rings (SSSR count). The van der Waals surface area contributed by atoms with Gasteiger partial charge in [0.2, 0.25) is 5.91 Å². The average molecular weight is 235 g/mol. The van der Waals surface area contributed by atoms with Crippen LogP contribution in [0.15, 0.2) is 24.3 Å². The van der Waals surface area contributed by atoms with E-state index in [0.717, 1.165) is 26.2 Å². The second kappa shape index (κ2) is 5.65. The summed E-state index contributed by atoms with van der Waals surface area (Å²) in [6, 6.07) is 6.74. The number of para-hydroxylation sites is 2. The third-order valence-corrected chi connectivity index (χ3v) is 2.75. The van der Waals surface area contributed by atoms with Crippen LogP contribution < -0.4 is 10.6 Å². The number of hydrogen-bond acceptors (Lipinski definition) is 4. The third kappa shape index (κ3) is 3.44. The first-order valence-corrected chi connectivity index (χ1v) is 5.76. The van der Waals surface area contributed by atoms with Crippen LogP contribution in [-0.2, 0) is 4.79 Å². The predicted molar refractivity (Wildman–Crippen MR) is 66.0 cm³/mol. The molecule has 0 atom stereocenters. The molecule has 1 saturated heterocycles. The maximum atomic E-state index is 11.7. The molecule has 1 aromatic rings. The quantitative estimate of drug-likeness (QED) is 0.656. The maximum absolute atomic E-state index is 11.7. The van der Waals surface area contributed by atoms with Gasteiger partial charge in [-0.25, -0.2) is 0 Å². The smallest absolute Gasteiger partial charge is 0.238 e. The lowest BCUT2D eigenvalue weighted by Crippen LogP contribution is -2.46. The SMILES string of the molecule is O=C(CN1CCNCC1)Nc1ccccc1O. The summed E-state index contributed by atoms with van der Waals surface area (Å²) in [5, 5.41) is 15.5. The minimum absolute atomic E-state index is 0.0894. The number of nitrogens with zero attached hydrogens (tertiary/aromatic N) is 1. The molecule has 92 valence electrons. The fourth-order valence-corrected chi connectivity index (χ4v) is 1.84. The number of nitrogens with one attached hydrogen (secondary N) is 2. The summed E-state index contributed by atoms with van der Waals surface area (Å²) in [6.45, 7) is 3.98. The van der Waals surface area contributed by atoms with Gasteiger partial charge >= 0.3 is 0 Å². The first-order chi connectivity index (χ1) is 8.25. The Morgan fingerprint density at radius 2 is 2.06 bits per heavy atom. The van der Waals surface area contributed by atoms with Crippen molar-refractivity contribution < 1.29 is 9.90 Å². The third-order valence-electron chi connectivity index (χ3n) is 2.75. The number of anilines is 1. The lowest BCUT2D eigenvalue weighted by Gasteiger charge is -2.26. The molecule has 1 aliphatic rings. The van der Waals surface area contributed by atoms with Crippen molar-refractivity contribution in [2.75, 3.05) is 38.0 Å². The summed E-state index contributed by atoms with van der Waals surface area (Å²) >= 11 is 0. The number of carbonyl (C=O) groups excluding carboxylic acids is 1. The van der Waals surface area contributed by atoms with Gasteiger partial charge in [0.05, 0.1) is 12.2 Å². The molecule has 0 aliphatic carbocycles. The number of hydrogen-bond donors (Lipinski definition) is 3. The van der Waals surface area contributed by atoms with Crippen LogP contribution in [0.4, 0.5) is 5.69 Å². The Balaban J connectivity index is 1.86. The molecule has 0 spiro atoms. The number of rotatable bonds is 3. The van der Waals surface area contributed by atoms with Crippen LogP contribution >= 0.6 is 0 Å². The van der Waals surface area contributed by atoms with Gasteiger partial charge in [-0.1, -0.05) is 12.1 Å². The van der Waals surface area contributed by atoms with Crippen molar-refractivity contribution in [3.05, 3.63) is 24.3 Å². The summed E-state index contributed by atoms with van der Waals surface area (Å²) in [7, 11) is 0. The Labute approximate surface area is 100 Å². The second-order valence-corrected chi connectivity index (χ2v) is 4.09. The molecule has 0 aromatic heterocycles. The monoisotopic (exact) mass is 235 g/mol. The van der Waals surface area contributed by atoms with Crippen molar-refractivity contribution in [1.29, 1.82) is 0 Å². The van der Waals surface area contributed by atoms with Crippen LogP contribution in [0.25, 0.3) is 0 Å². The highest BCUT2D eigenvalue weighted by atomic mass is 16.3. The summed E-state index contributed by atoms with van der Waals surface area (Å²) in [4.78, 5) is 13.8. The molecule has 17 heavy (non-hydrogen) atoms. The van der Waals surface area contributed by atoms with E-state index in [9.17, 15) is 9.90 Å². The van der Waals surface area contributed by atoms with Gasteiger partial charge in [-0.05, 0) is 12.1 Å². The molecule has 5 nitrogen and oxygen atoms in total. The Morgan fingerprint density at radius 1 is 1.35 bits per heavy atom. The predicted octanol–water partition coefficient (Wildman–Crippen LogP) is 0.236. The van der Waals surface area contributed by atoms with Crippen LogP contribution in [0.2, 0.25) is 0 Å². The fourth-order valence-electron chi connectivity index (χ4n) is 1.84. The lowest BCUT2D eigenvalue weighted by molar-refractivity contribution is -0.117. The summed E-state index contributed by atoms with van der Waals surface area (Å²) in [5.74, 6) is 0.00885. The first-order valence-electron chi connectivity index (χ1n) is 5.76. The van der Waals surface area contributed by atoms with Gasteiger partial charge in [0.25, 0.3) is 0 Å². The van der Waals surface area contributed by atoms with E-state index in [2.05, 4.69) is 15.5 Å². The highest BCUT2D eigenvalue weighted by Gasteiger charge is 2.14. The number of aromatic hydroxyl groups is 1. The largest absolute Gasteiger partial charge is 0.506 e. The number of phenols is 1. The summed E-state index contributed by atoms with van der Waals surface area (Å²) < 4.78 is 0. The van der Waals surface area contributed by atoms with Crippen LogP contribution in [0.3, 0.4) is 0 Å². The van der Waals surface area contributed by atoms with Gasteiger partial charge in [-0.2, -0.15) is 0 Å². The Bertz CT molecular complexity index is 389. The molecular formula is C12H17N3O2. The van der Waals surface area contributed by atoms with Gasteiger partial charge in [-0.3, -0.25) is 9.69 Å². The Kier molecular flexibility index (Phi) is 3.95. The van der Waals surface area contributed by atoms with E-state index >= 15 is 0 Å². The Hall–Kier alpha value is -1.59. The fraction of sp³-hybridized carbons (Fsp3) is 0.417. The number of benzene rings is 1. The molecule has 1 aromatic carbocycles. The minimum Gasteiger partial charge on any atom is -0.506 e. The number of carbonyl (C=O) groups is 1. The molecular weight excluding hydrogens is 218 g/mol. The molecule has 1 aliphatic heterocycles. The standard InChI is InChI=1S/C12H17N3O2/c16-11-4-2-1-3-10(11)14-12(17)9-15-7-5-13-6-8-15/h1-4,13,16H,5-9H2,(H,14,17). The average Bonchev–Trinajstić information content (AvgIpc) is 2.33. The van der Waals surface area contributed by atoms with Crippen LogP contribution in [0.1, 0.15) is 0 Å². The van der Waals surface area contributed by atoms with Gasteiger partial charge in [0.15, 0.2) is 0 Å². The highest BCUT2D eigenvalue weighted by molar-refractivity contribution is 5.93. The zero-order valence-electron chi connectivity index (χ0n) is 9.65. The Morgan fingerprint density at radius 3 is 2.76 bits per heavy atom. The van der Waals surface area contributed by atoms with Gasteiger partial charge in [-0.15, -0.1) is 0 Å². The van der Waals surface area contributed by atoms with E-state index in [1.807, 2.05) is 0 Å². The topological polar surface area (TPSA) is 64.6 Å². The highest BCUT2D eigenvalue weighted by Crippen LogP contribution is 2.21. The normalized spacial score (nSPS) is 16.7. The zero-order chi connectivity index (χ0) is 12.1. The molecule has 0 unspecified atom stereocenters. The number of phenolic OH excluding ortho intramolecular Hbond substituents is 1. The van der Waals surface area contributed by atoms with Crippen LogP contribution in [-0.4, -0.2) is 48.6 Å². The van der Waals surface area contributed by atoms with E-state index in [0.29, 0.717) is 12.2 Å². The minimum atomic E-state index is -0.0894. The van der Waals surface area contributed by atoms with E-state index in [-0.39, 0.29) is 11.7 Å². The van der Waals surface area contributed by atoms with E-state index in [4.69, 9.17) is 0 Å². The molecule has 1 amide bonds. The molecule has 5 heteroatoms. The van der Waals surface area contributed by atoms with Crippen molar-refractivity contribution >= 4 is 11.6 Å². The van der Waals surface area contributed by atoms with E-state index < -0.39 is 0 Å². The first kappa shape index (κ1) is 11.9. The summed E-state index contributed by atoms with van der Waals surface area (Å²) in [6.07, 6.45) is 0. The van der Waals surface area contributed by atoms with E-state index in [1.165, 1.54) is 0 Å². The maximum Gasteiger partial charge on any atom is 0.238 e. The van der Waals surface area contributed by atoms with E-state index in [1.54, 1.807) is 24.3 Å². The summed E-state index contributed by atoms with van der Waals surface area (Å²) in [5.41, 5.74) is 0.465. The lowest BCUT2D eigenvalue weighted by atomic mass is 10.3. The van der Waals surface area contributed by atoms with Crippen molar-refractivity contribution in [3.8, 4) is 5.75 Å². The molecule has 0 radical (unpaired) electrons. The number of amides is 1. The second-order valence-electron chi connectivity index (χ2n) is 4.09. The van der Waals surface area contributed by atoms with Gasteiger partial charge in [0, 0.05) is 26.2 Å². The van der Waals surface area contributed by atoms with Crippen molar-refractivity contribution in [1.82, 2.24) is 10.2 Å². The van der Waals surface area contributed by atoms with Crippen molar-refractivity contribution in [2.45, 2.75) is 0 Å². The molecule has 1 fully saturated rings. The van der Waals surface area contributed by atoms with Gasteiger partial charge in [0.1, 0.15) is 5.75 Å². The number of piperazine rings is 1. The van der Waals surface area contributed by atoms with Crippen molar-refractivity contribution in [3.63, 3.8) is 0 Å².